The molecule has 0 bridgehead atoms. The van der Waals surface area contributed by atoms with E-state index >= 15 is 0 Å². The summed E-state index contributed by atoms with van der Waals surface area (Å²) in [5, 5.41) is 0. The molecule has 0 atom stereocenters. The lowest BCUT2D eigenvalue weighted by atomic mass is 9.83. The van der Waals surface area contributed by atoms with Gasteiger partial charge >= 0.3 is 11.6 Å². The average molecular weight is 333 g/mol. The zero-order valence-electron chi connectivity index (χ0n) is 14.2. The summed E-state index contributed by atoms with van der Waals surface area (Å²) in [4.78, 5) is 38.2. The normalized spacial score (nSPS) is 19.0. The minimum atomic E-state index is -0.544. The predicted molar refractivity (Wildman–Crippen MR) is 87.0 cm³/mol. The maximum Gasteiger partial charge on any atom is 0.349 e. The SMILES string of the molecule is COC(=O)C1CCN(C(=O)c2c(C)cc(C3CCC3)oc2=O)CC1. The van der Waals surface area contributed by atoms with Gasteiger partial charge in [-0.2, -0.15) is 0 Å². The number of likely N-dealkylation sites (tertiary alicyclic amines) is 1. The highest BCUT2D eigenvalue weighted by molar-refractivity contribution is 5.95. The summed E-state index contributed by atoms with van der Waals surface area (Å²) in [6.07, 6.45) is 4.35. The number of carbonyl (C=O) groups excluding carboxylic acids is 2. The maximum atomic E-state index is 12.7. The van der Waals surface area contributed by atoms with E-state index in [2.05, 4.69) is 0 Å². The number of aryl methyl sites for hydroxylation is 1. The number of carbonyl (C=O) groups is 2. The quantitative estimate of drug-likeness (QED) is 0.793. The van der Waals surface area contributed by atoms with Gasteiger partial charge in [0.25, 0.3) is 5.91 Å². The molecule has 1 aliphatic heterocycles. The maximum absolute atomic E-state index is 12.7. The van der Waals surface area contributed by atoms with Crippen LogP contribution in [0.25, 0.3) is 0 Å². The van der Waals surface area contributed by atoms with E-state index in [9.17, 15) is 14.4 Å². The molecule has 0 N–H and O–H groups in total. The van der Waals surface area contributed by atoms with Crippen molar-refractivity contribution in [3.8, 4) is 0 Å². The summed E-state index contributed by atoms with van der Waals surface area (Å²) in [6, 6.07) is 1.83. The van der Waals surface area contributed by atoms with Crippen molar-refractivity contribution in [2.75, 3.05) is 20.2 Å². The van der Waals surface area contributed by atoms with Crippen LogP contribution in [0.2, 0.25) is 0 Å². The van der Waals surface area contributed by atoms with Gasteiger partial charge in [0.05, 0.1) is 13.0 Å². The second-order valence-corrected chi connectivity index (χ2v) is 6.71. The molecule has 0 aromatic carbocycles. The average Bonchev–Trinajstić information content (AvgIpc) is 2.52. The highest BCUT2D eigenvalue weighted by Crippen LogP contribution is 2.36. The van der Waals surface area contributed by atoms with Crippen molar-refractivity contribution < 1.29 is 18.7 Å². The zero-order chi connectivity index (χ0) is 17.3. The van der Waals surface area contributed by atoms with Gasteiger partial charge in [-0.25, -0.2) is 4.79 Å². The highest BCUT2D eigenvalue weighted by atomic mass is 16.5. The molecule has 2 aliphatic rings. The van der Waals surface area contributed by atoms with Crippen molar-refractivity contribution in [1.82, 2.24) is 4.90 Å². The number of nitrogens with zero attached hydrogens (tertiary/aromatic N) is 1. The monoisotopic (exact) mass is 333 g/mol. The Morgan fingerprint density at radius 1 is 1.21 bits per heavy atom. The summed E-state index contributed by atoms with van der Waals surface area (Å²) in [5.74, 6) is 0.311. The van der Waals surface area contributed by atoms with Gasteiger partial charge in [-0.15, -0.1) is 0 Å². The standard InChI is InChI=1S/C18H23NO5/c1-11-10-14(12-4-3-5-12)24-18(22)15(11)16(20)19-8-6-13(7-9-19)17(21)23-2/h10,12-13H,3-9H2,1-2H3. The number of methoxy groups -OCH3 is 1. The van der Waals surface area contributed by atoms with Crippen LogP contribution in [0.4, 0.5) is 0 Å². The van der Waals surface area contributed by atoms with Gasteiger partial charge in [-0.3, -0.25) is 9.59 Å². The number of hydrogen-bond acceptors (Lipinski definition) is 5. The largest absolute Gasteiger partial charge is 0.469 e. The van der Waals surface area contributed by atoms with Crippen LogP contribution in [0.5, 0.6) is 0 Å². The Labute approximate surface area is 140 Å². The van der Waals surface area contributed by atoms with Crippen LogP contribution in [0.15, 0.2) is 15.3 Å². The first-order chi connectivity index (χ1) is 11.5. The molecule has 6 heteroatoms. The molecule has 130 valence electrons. The summed E-state index contributed by atoms with van der Waals surface area (Å²) < 4.78 is 10.2. The predicted octanol–water partition coefficient (Wildman–Crippen LogP) is 2.24. The van der Waals surface area contributed by atoms with Gasteiger partial charge in [0, 0.05) is 19.0 Å². The smallest absolute Gasteiger partial charge is 0.349 e. The Bertz CT molecular complexity index is 696. The van der Waals surface area contributed by atoms with Crippen molar-refractivity contribution in [3.05, 3.63) is 33.4 Å². The van der Waals surface area contributed by atoms with Crippen molar-refractivity contribution >= 4 is 11.9 Å². The number of rotatable bonds is 3. The second-order valence-electron chi connectivity index (χ2n) is 6.71. The lowest BCUT2D eigenvalue weighted by molar-refractivity contribution is -0.146. The first-order valence-electron chi connectivity index (χ1n) is 8.53. The Balaban J connectivity index is 1.74. The third kappa shape index (κ3) is 3.09. The fourth-order valence-corrected chi connectivity index (χ4v) is 3.43. The molecule has 0 unspecified atom stereocenters. The van der Waals surface area contributed by atoms with E-state index < -0.39 is 5.63 Å². The van der Waals surface area contributed by atoms with Gasteiger partial charge < -0.3 is 14.1 Å². The lowest BCUT2D eigenvalue weighted by Gasteiger charge is -2.31. The topological polar surface area (TPSA) is 76.8 Å². The van der Waals surface area contributed by atoms with Gasteiger partial charge in [-0.05, 0) is 44.2 Å². The number of piperidine rings is 1. The van der Waals surface area contributed by atoms with Crippen molar-refractivity contribution in [2.24, 2.45) is 5.92 Å². The van der Waals surface area contributed by atoms with Gasteiger partial charge in [0.2, 0.25) is 0 Å². The lowest BCUT2D eigenvalue weighted by Crippen LogP contribution is -2.42. The van der Waals surface area contributed by atoms with Crippen LogP contribution in [-0.4, -0.2) is 37.0 Å². The third-order valence-corrected chi connectivity index (χ3v) is 5.21. The first kappa shape index (κ1) is 16.7. The fraction of sp³-hybridized carbons (Fsp3) is 0.611. The molecule has 24 heavy (non-hydrogen) atoms. The van der Waals surface area contributed by atoms with E-state index in [0.29, 0.717) is 43.2 Å². The minimum absolute atomic E-state index is 0.120. The van der Waals surface area contributed by atoms with Gasteiger partial charge in [-0.1, -0.05) is 6.42 Å². The van der Waals surface area contributed by atoms with E-state index in [0.717, 1.165) is 19.3 Å². The van der Waals surface area contributed by atoms with Crippen LogP contribution < -0.4 is 5.63 Å². The third-order valence-electron chi connectivity index (χ3n) is 5.21. The number of esters is 1. The number of ether oxygens (including phenoxy) is 1. The number of hydrogen-bond donors (Lipinski definition) is 0. The molecular weight excluding hydrogens is 310 g/mol. The Kier molecular flexibility index (Phi) is 4.73. The van der Waals surface area contributed by atoms with Crippen LogP contribution in [-0.2, 0) is 9.53 Å². The molecule has 6 nitrogen and oxygen atoms in total. The molecule has 0 radical (unpaired) electrons. The van der Waals surface area contributed by atoms with Gasteiger partial charge in [0.1, 0.15) is 11.3 Å². The fourth-order valence-electron chi connectivity index (χ4n) is 3.43. The molecule has 1 aliphatic carbocycles. The molecule has 0 spiro atoms. The Hall–Kier alpha value is -2.11. The number of amides is 1. The molecule has 3 rings (SSSR count). The molecule has 1 aromatic heterocycles. The molecule has 1 saturated heterocycles. The molecule has 2 heterocycles. The van der Waals surface area contributed by atoms with E-state index in [1.807, 2.05) is 6.07 Å². The van der Waals surface area contributed by atoms with Crippen LogP contribution in [0.3, 0.4) is 0 Å². The van der Waals surface area contributed by atoms with Crippen molar-refractivity contribution in [2.45, 2.75) is 44.9 Å². The van der Waals surface area contributed by atoms with Crippen LogP contribution in [0, 0.1) is 12.8 Å². The molecule has 2 fully saturated rings. The minimum Gasteiger partial charge on any atom is -0.469 e. The van der Waals surface area contributed by atoms with E-state index in [-0.39, 0.29) is 23.4 Å². The zero-order valence-corrected chi connectivity index (χ0v) is 14.2. The van der Waals surface area contributed by atoms with E-state index in [1.54, 1.807) is 11.8 Å². The van der Waals surface area contributed by atoms with Crippen molar-refractivity contribution in [3.63, 3.8) is 0 Å². The molecule has 1 aromatic rings. The Morgan fingerprint density at radius 3 is 2.38 bits per heavy atom. The van der Waals surface area contributed by atoms with Crippen LogP contribution >= 0.6 is 0 Å². The van der Waals surface area contributed by atoms with E-state index in [4.69, 9.17) is 9.15 Å². The van der Waals surface area contributed by atoms with Gasteiger partial charge in [0.15, 0.2) is 0 Å². The molecular formula is C18H23NO5. The molecule has 1 amide bonds. The second kappa shape index (κ2) is 6.79. The first-order valence-corrected chi connectivity index (χ1v) is 8.53. The van der Waals surface area contributed by atoms with Crippen LogP contribution in [0.1, 0.15) is 59.7 Å². The highest BCUT2D eigenvalue weighted by Gasteiger charge is 2.31. The van der Waals surface area contributed by atoms with E-state index in [1.165, 1.54) is 7.11 Å². The Morgan fingerprint density at radius 2 is 1.88 bits per heavy atom. The summed E-state index contributed by atoms with van der Waals surface area (Å²) in [5.41, 5.74) is 0.250. The van der Waals surface area contributed by atoms with Crippen molar-refractivity contribution in [1.29, 1.82) is 0 Å². The summed E-state index contributed by atoms with van der Waals surface area (Å²) in [6.45, 7) is 2.68. The molecule has 1 saturated carbocycles. The summed E-state index contributed by atoms with van der Waals surface area (Å²) in [7, 11) is 1.37. The summed E-state index contributed by atoms with van der Waals surface area (Å²) >= 11 is 0.